The Bertz CT molecular complexity index is 831. The maximum Gasteiger partial charge on any atom is 0.312 e. The summed E-state index contributed by atoms with van der Waals surface area (Å²) >= 11 is 0. The second-order valence-corrected chi connectivity index (χ2v) is 10.6. The van der Waals surface area contributed by atoms with Crippen LogP contribution in [0.15, 0.2) is 25.3 Å². The van der Waals surface area contributed by atoms with E-state index in [0.717, 1.165) is 25.7 Å². The molecule has 3 saturated heterocycles. The molecule has 0 radical (unpaired) electrons. The van der Waals surface area contributed by atoms with Gasteiger partial charge in [0.25, 0.3) is 0 Å². The van der Waals surface area contributed by atoms with Crippen LogP contribution in [-0.4, -0.2) is 82.8 Å². The molecule has 2 amide bonds. The minimum Gasteiger partial charge on any atom is -0.465 e. The Kier molecular flexibility index (Phi) is 9.75. The maximum atomic E-state index is 14.1. The summed E-state index contributed by atoms with van der Waals surface area (Å²) in [6.07, 6.45) is 9.92. The van der Waals surface area contributed by atoms with Crippen LogP contribution in [0.3, 0.4) is 0 Å². The average molecular weight is 505 g/mol. The highest BCUT2D eigenvalue weighted by atomic mass is 16.6. The molecule has 3 rings (SSSR count). The second kappa shape index (κ2) is 12.4. The van der Waals surface area contributed by atoms with E-state index in [0.29, 0.717) is 51.7 Å². The molecule has 0 aromatic heterocycles. The van der Waals surface area contributed by atoms with Gasteiger partial charge in [-0.05, 0) is 58.3 Å². The molecule has 2 bridgehead atoms. The Morgan fingerprint density at radius 2 is 1.97 bits per heavy atom. The minimum atomic E-state index is -1.03. The summed E-state index contributed by atoms with van der Waals surface area (Å²) in [5, 5.41) is 9.18. The van der Waals surface area contributed by atoms with E-state index in [4.69, 9.17) is 9.47 Å². The summed E-state index contributed by atoms with van der Waals surface area (Å²) in [6, 6.07) is -0.777. The van der Waals surface area contributed by atoms with Crippen LogP contribution < -0.4 is 0 Å². The van der Waals surface area contributed by atoms with Gasteiger partial charge in [-0.3, -0.25) is 14.4 Å². The van der Waals surface area contributed by atoms with Crippen molar-refractivity contribution in [1.82, 2.24) is 9.80 Å². The number of unbranched alkanes of at least 4 members (excludes halogenated alkanes) is 4. The number of nitrogens with zero attached hydrogens (tertiary/aromatic N) is 2. The van der Waals surface area contributed by atoms with Crippen LogP contribution in [0.4, 0.5) is 0 Å². The van der Waals surface area contributed by atoms with Crippen molar-refractivity contribution in [3.05, 3.63) is 25.3 Å². The molecule has 3 heterocycles. The fourth-order valence-corrected chi connectivity index (χ4v) is 6.33. The molecule has 202 valence electrons. The Morgan fingerprint density at radius 3 is 2.64 bits per heavy atom. The topological polar surface area (TPSA) is 96.4 Å². The monoisotopic (exact) mass is 504 g/mol. The molecule has 0 saturated carbocycles. The molecule has 36 heavy (non-hydrogen) atoms. The van der Waals surface area contributed by atoms with E-state index in [1.54, 1.807) is 22.0 Å². The molecule has 3 aliphatic heterocycles. The van der Waals surface area contributed by atoms with E-state index in [9.17, 15) is 19.5 Å². The third kappa shape index (κ3) is 5.25. The van der Waals surface area contributed by atoms with Crippen molar-refractivity contribution in [1.29, 1.82) is 0 Å². The largest absolute Gasteiger partial charge is 0.465 e. The third-order valence-electron chi connectivity index (χ3n) is 8.06. The Hall–Kier alpha value is -2.19. The lowest BCUT2D eigenvalue weighted by Gasteiger charge is -2.37. The van der Waals surface area contributed by atoms with Gasteiger partial charge in [-0.25, -0.2) is 0 Å². The first-order chi connectivity index (χ1) is 17.3. The number of likely N-dealkylation sites (tertiary alicyclic amines) is 1. The molecule has 1 N–H and O–H groups in total. The number of carbonyl (C=O) groups excluding carboxylic acids is 3. The van der Waals surface area contributed by atoms with Gasteiger partial charge in [-0.2, -0.15) is 0 Å². The molecule has 5 atom stereocenters. The van der Waals surface area contributed by atoms with Gasteiger partial charge in [-0.1, -0.05) is 25.5 Å². The lowest BCUT2D eigenvalue weighted by molar-refractivity contribution is -0.160. The summed E-state index contributed by atoms with van der Waals surface area (Å²) < 4.78 is 12.2. The Labute approximate surface area is 215 Å². The van der Waals surface area contributed by atoms with Crippen molar-refractivity contribution in [3.63, 3.8) is 0 Å². The number of hydrogen-bond donors (Lipinski definition) is 1. The molecule has 3 aliphatic rings. The van der Waals surface area contributed by atoms with Crippen LogP contribution >= 0.6 is 0 Å². The van der Waals surface area contributed by atoms with Crippen LogP contribution in [0.25, 0.3) is 0 Å². The van der Waals surface area contributed by atoms with Gasteiger partial charge in [0.2, 0.25) is 11.8 Å². The van der Waals surface area contributed by atoms with Crippen LogP contribution in [0.2, 0.25) is 0 Å². The molecule has 0 aromatic carbocycles. The molecule has 1 spiro atoms. The first-order valence-corrected chi connectivity index (χ1v) is 13.6. The Morgan fingerprint density at radius 1 is 1.19 bits per heavy atom. The lowest BCUT2D eigenvalue weighted by atomic mass is 9.66. The molecule has 8 nitrogen and oxygen atoms in total. The number of fused-ring (bicyclic) bond motifs is 1. The summed E-state index contributed by atoms with van der Waals surface area (Å²) in [5.41, 5.74) is -1.86. The molecule has 8 heteroatoms. The van der Waals surface area contributed by atoms with Gasteiger partial charge in [0.15, 0.2) is 0 Å². The van der Waals surface area contributed by atoms with Gasteiger partial charge < -0.3 is 24.4 Å². The summed E-state index contributed by atoms with van der Waals surface area (Å²) in [4.78, 5) is 44.8. The molecule has 3 fully saturated rings. The van der Waals surface area contributed by atoms with Crippen LogP contribution in [0, 0.1) is 11.8 Å². The highest BCUT2D eigenvalue weighted by Gasteiger charge is 2.78. The van der Waals surface area contributed by atoms with E-state index >= 15 is 0 Å². The predicted molar refractivity (Wildman–Crippen MR) is 137 cm³/mol. The number of allylic oxidation sites excluding steroid dienone is 1. The minimum absolute atomic E-state index is 0.0915. The standard InChI is InChI=1S/C28H44N2O6/c1-5-8-13-20-35-26(34)22-21-24(32)30(18-11-10-12-19-31)23(28(21)15-14-27(22,4)36-28)25(33)29(16-7-3)17-9-6-2/h5,7,21-23,31H,1,3,6,8-20H2,2,4H3/t21-,22+,23?,27-,28?/m0/s1. The number of aliphatic hydroxyl groups excluding tert-OH is 1. The number of aliphatic hydroxyl groups is 1. The van der Waals surface area contributed by atoms with E-state index in [2.05, 4.69) is 20.1 Å². The van der Waals surface area contributed by atoms with Crippen molar-refractivity contribution < 1.29 is 29.0 Å². The van der Waals surface area contributed by atoms with Crippen molar-refractivity contribution in [3.8, 4) is 0 Å². The average Bonchev–Trinajstić information content (AvgIpc) is 3.42. The SMILES string of the molecule is C=CCCCOC(=O)[C@H]1[C@H]2C(=O)N(CCCCCO)C(C(=O)N(CC=C)CCCC)C23CC[C@]1(C)O3. The van der Waals surface area contributed by atoms with Gasteiger partial charge >= 0.3 is 5.97 Å². The molecule has 2 unspecified atom stereocenters. The zero-order chi connectivity index (χ0) is 26.3. The highest BCUT2D eigenvalue weighted by Crippen LogP contribution is 2.63. The Balaban J connectivity index is 1.93. The number of ether oxygens (including phenoxy) is 2. The molecule has 0 aromatic rings. The van der Waals surface area contributed by atoms with E-state index < -0.39 is 35.0 Å². The van der Waals surface area contributed by atoms with Crippen LogP contribution in [-0.2, 0) is 23.9 Å². The van der Waals surface area contributed by atoms with E-state index in [1.165, 1.54) is 0 Å². The van der Waals surface area contributed by atoms with Crippen LogP contribution in [0.5, 0.6) is 0 Å². The summed E-state index contributed by atoms with van der Waals surface area (Å²) in [5.74, 6) is -2.20. The van der Waals surface area contributed by atoms with Crippen molar-refractivity contribution >= 4 is 17.8 Å². The highest BCUT2D eigenvalue weighted by molar-refractivity contribution is 5.98. The van der Waals surface area contributed by atoms with Crippen molar-refractivity contribution in [2.75, 3.05) is 32.8 Å². The molecule has 0 aliphatic carbocycles. The van der Waals surface area contributed by atoms with Crippen molar-refractivity contribution in [2.24, 2.45) is 11.8 Å². The normalized spacial score (nSPS) is 30.4. The van der Waals surface area contributed by atoms with Gasteiger partial charge in [0.1, 0.15) is 17.6 Å². The van der Waals surface area contributed by atoms with Gasteiger partial charge in [0.05, 0.1) is 18.1 Å². The fourth-order valence-electron chi connectivity index (χ4n) is 6.33. The third-order valence-corrected chi connectivity index (χ3v) is 8.06. The van der Waals surface area contributed by atoms with E-state index in [-0.39, 0.29) is 25.0 Å². The lowest BCUT2D eigenvalue weighted by Crippen LogP contribution is -2.56. The second-order valence-electron chi connectivity index (χ2n) is 10.6. The quantitative estimate of drug-likeness (QED) is 0.197. The molecular formula is C28H44N2O6. The smallest absolute Gasteiger partial charge is 0.312 e. The van der Waals surface area contributed by atoms with Gasteiger partial charge in [-0.15, -0.1) is 13.2 Å². The first kappa shape index (κ1) is 28.4. The van der Waals surface area contributed by atoms with E-state index in [1.807, 2.05) is 6.92 Å². The predicted octanol–water partition coefficient (Wildman–Crippen LogP) is 3.24. The number of esters is 1. The fraction of sp³-hybridized carbons (Fsp3) is 0.750. The number of carbonyl (C=O) groups is 3. The first-order valence-electron chi connectivity index (χ1n) is 13.6. The number of hydrogen-bond acceptors (Lipinski definition) is 6. The zero-order valence-electron chi connectivity index (χ0n) is 22.1. The number of rotatable bonds is 16. The zero-order valence-corrected chi connectivity index (χ0v) is 22.1. The van der Waals surface area contributed by atoms with Crippen LogP contribution in [0.1, 0.15) is 71.6 Å². The summed E-state index contributed by atoms with van der Waals surface area (Å²) in [7, 11) is 0. The molecular weight excluding hydrogens is 460 g/mol. The van der Waals surface area contributed by atoms with Gasteiger partial charge in [0, 0.05) is 26.2 Å². The summed E-state index contributed by atoms with van der Waals surface area (Å²) in [6.45, 7) is 13.2. The number of amides is 2. The van der Waals surface area contributed by atoms with Crippen molar-refractivity contribution in [2.45, 2.75) is 88.9 Å². The maximum absolute atomic E-state index is 14.1.